The van der Waals surface area contributed by atoms with Crippen molar-refractivity contribution < 1.29 is 9.59 Å². The third-order valence-electron chi connectivity index (χ3n) is 5.64. The van der Waals surface area contributed by atoms with Crippen LogP contribution in [0, 0.1) is 0 Å². The molecule has 0 aliphatic carbocycles. The molecule has 0 atom stereocenters. The summed E-state index contributed by atoms with van der Waals surface area (Å²) in [6.07, 6.45) is 4.18. The van der Waals surface area contributed by atoms with Crippen molar-refractivity contribution in [2.75, 3.05) is 78.5 Å². The van der Waals surface area contributed by atoms with Gasteiger partial charge in [-0.15, -0.1) is 24.8 Å². The third kappa shape index (κ3) is 7.74. The molecule has 0 radical (unpaired) electrons. The summed E-state index contributed by atoms with van der Waals surface area (Å²) >= 11 is 0. The lowest BCUT2D eigenvalue weighted by atomic mass is 10.1. The lowest BCUT2D eigenvalue weighted by Gasteiger charge is -2.36. The minimum absolute atomic E-state index is 0. The van der Waals surface area contributed by atoms with Gasteiger partial charge < -0.3 is 20.0 Å². The summed E-state index contributed by atoms with van der Waals surface area (Å²) in [7, 11) is 0. The van der Waals surface area contributed by atoms with Crippen molar-refractivity contribution in [2.45, 2.75) is 25.7 Å². The van der Waals surface area contributed by atoms with E-state index >= 15 is 0 Å². The predicted molar refractivity (Wildman–Crippen MR) is 112 cm³/mol. The maximum absolute atomic E-state index is 12.4. The zero-order chi connectivity index (χ0) is 17.5. The molecule has 0 saturated carbocycles. The highest BCUT2D eigenvalue weighted by Gasteiger charge is 2.23. The molecule has 158 valence electrons. The Morgan fingerprint density at radius 2 is 1.22 bits per heavy atom. The smallest absolute Gasteiger partial charge is 0.236 e. The van der Waals surface area contributed by atoms with Crippen molar-refractivity contribution >= 4 is 36.6 Å². The van der Waals surface area contributed by atoms with Gasteiger partial charge in [0.05, 0.1) is 6.54 Å². The molecule has 9 heteroatoms. The Morgan fingerprint density at radius 1 is 0.667 bits per heavy atom. The molecule has 0 spiro atoms. The van der Waals surface area contributed by atoms with Crippen LogP contribution in [0.1, 0.15) is 25.7 Å². The first-order chi connectivity index (χ1) is 12.2. The first kappa shape index (κ1) is 24.4. The van der Waals surface area contributed by atoms with Gasteiger partial charge in [0, 0.05) is 78.4 Å². The quantitative estimate of drug-likeness (QED) is 0.687. The molecule has 2 amide bonds. The molecular weight excluding hydrogens is 389 g/mol. The van der Waals surface area contributed by atoms with Crippen LogP contribution in [0.4, 0.5) is 0 Å². The molecule has 27 heavy (non-hydrogen) atoms. The molecule has 3 heterocycles. The third-order valence-corrected chi connectivity index (χ3v) is 5.64. The molecule has 3 saturated heterocycles. The molecule has 0 aromatic carbocycles. The summed E-state index contributed by atoms with van der Waals surface area (Å²) < 4.78 is 0. The molecule has 3 aliphatic heterocycles. The number of hydrogen-bond acceptors (Lipinski definition) is 5. The molecule has 3 fully saturated rings. The van der Waals surface area contributed by atoms with Gasteiger partial charge in [-0.3, -0.25) is 14.5 Å². The number of nitrogens with one attached hydrogen (secondary N) is 1. The average molecular weight is 424 g/mol. The van der Waals surface area contributed by atoms with Crippen LogP contribution >= 0.6 is 24.8 Å². The SMILES string of the molecule is Cl.Cl.O=C(CCN1CCN(CC(=O)N2CCCCC2)CC1)N1CCNCC1. The molecule has 3 rings (SSSR count). The van der Waals surface area contributed by atoms with Gasteiger partial charge in [-0.1, -0.05) is 0 Å². The normalized spacial score (nSPS) is 21.9. The van der Waals surface area contributed by atoms with Crippen molar-refractivity contribution in [3.05, 3.63) is 0 Å². The van der Waals surface area contributed by atoms with Crippen LogP contribution in [0.5, 0.6) is 0 Å². The van der Waals surface area contributed by atoms with Crippen LogP contribution in [-0.2, 0) is 9.59 Å². The van der Waals surface area contributed by atoms with Crippen LogP contribution < -0.4 is 5.32 Å². The van der Waals surface area contributed by atoms with Gasteiger partial charge in [0.2, 0.25) is 11.8 Å². The number of halogens is 2. The molecule has 0 bridgehead atoms. The van der Waals surface area contributed by atoms with E-state index in [9.17, 15) is 9.59 Å². The summed E-state index contributed by atoms with van der Waals surface area (Å²) in [5.74, 6) is 0.575. The van der Waals surface area contributed by atoms with Crippen LogP contribution in [0.15, 0.2) is 0 Å². The van der Waals surface area contributed by atoms with Crippen LogP contribution in [0.2, 0.25) is 0 Å². The topological polar surface area (TPSA) is 59.1 Å². The zero-order valence-corrected chi connectivity index (χ0v) is 17.9. The maximum atomic E-state index is 12.4. The van der Waals surface area contributed by atoms with Gasteiger partial charge in [0.15, 0.2) is 0 Å². The predicted octanol–water partition coefficient (Wildman–Crippen LogP) is 0.282. The second-order valence-corrected chi connectivity index (χ2v) is 7.44. The number of carbonyl (C=O) groups is 2. The van der Waals surface area contributed by atoms with Gasteiger partial charge in [-0.05, 0) is 19.3 Å². The second-order valence-electron chi connectivity index (χ2n) is 7.44. The highest BCUT2D eigenvalue weighted by Crippen LogP contribution is 2.10. The minimum atomic E-state index is 0. The van der Waals surface area contributed by atoms with Gasteiger partial charge in [-0.25, -0.2) is 0 Å². The molecule has 3 aliphatic rings. The second kappa shape index (κ2) is 12.8. The molecule has 1 N–H and O–H groups in total. The van der Waals surface area contributed by atoms with Crippen LogP contribution in [0.25, 0.3) is 0 Å². The average Bonchev–Trinajstić information content (AvgIpc) is 2.68. The first-order valence-corrected chi connectivity index (χ1v) is 9.93. The molecule has 0 aromatic heterocycles. The maximum Gasteiger partial charge on any atom is 0.236 e. The Bertz CT molecular complexity index is 449. The van der Waals surface area contributed by atoms with Crippen molar-refractivity contribution in [2.24, 2.45) is 0 Å². The Labute approximate surface area is 175 Å². The van der Waals surface area contributed by atoms with Gasteiger partial charge in [0.25, 0.3) is 0 Å². The molecule has 7 nitrogen and oxygen atoms in total. The molecular formula is C18H35Cl2N5O2. The lowest BCUT2D eigenvalue weighted by molar-refractivity contribution is -0.133. The number of hydrogen-bond donors (Lipinski definition) is 1. The Hall–Kier alpha value is -0.600. The van der Waals surface area contributed by atoms with Gasteiger partial charge in [0.1, 0.15) is 0 Å². The highest BCUT2D eigenvalue weighted by atomic mass is 35.5. The van der Waals surface area contributed by atoms with E-state index in [2.05, 4.69) is 15.1 Å². The Kier molecular flexibility index (Phi) is 11.6. The Morgan fingerprint density at radius 3 is 1.85 bits per heavy atom. The number of piperidine rings is 1. The van der Waals surface area contributed by atoms with Crippen molar-refractivity contribution in [1.82, 2.24) is 24.9 Å². The van der Waals surface area contributed by atoms with Crippen molar-refractivity contribution in [3.8, 4) is 0 Å². The van der Waals surface area contributed by atoms with E-state index in [1.165, 1.54) is 6.42 Å². The minimum Gasteiger partial charge on any atom is -0.342 e. The number of nitrogens with zero attached hydrogens (tertiary/aromatic N) is 4. The first-order valence-electron chi connectivity index (χ1n) is 9.93. The van der Waals surface area contributed by atoms with Gasteiger partial charge in [-0.2, -0.15) is 0 Å². The number of carbonyl (C=O) groups excluding carboxylic acids is 2. The van der Waals surface area contributed by atoms with E-state index in [1.54, 1.807) is 0 Å². The fourth-order valence-corrected chi connectivity index (χ4v) is 3.93. The summed E-state index contributed by atoms with van der Waals surface area (Å²) in [5.41, 5.74) is 0. The number of likely N-dealkylation sites (tertiary alicyclic amines) is 1. The number of piperazine rings is 2. The molecule has 0 aromatic rings. The van der Waals surface area contributed by atoms with Gasteiger partial charge >= 0.3 is 0 Å². The fourth-order valence-electron chi connectivity index (χ4n) is 3.93. The largest absolute Gasteiger partial charge is 0.342 e. The van der Waals surface area contributed by atoms with Crippen molar-refractivity contribution in [1.29, 1.82) is 0 Å². The standard InChI is InChI=1S/C18H33N5O2.2ClH/c24-17(23-10-5-19-6-11-23)4-9-20-12-14-21(15-13-20)16-18(25)22-7-2-1-3-8-22;;/h19H,1-16H2;2*1H. The van der Waals surface area contributed by atoms with Crippen LogP contribution in [0.3, 0.4) is 0 Å². The number of amides is 2. The van der Waals surface area contributed by atoms with E-state index in [0.29, 0.717) is 18.9 Å². The fraction of sp³-hybridized carbons (Fsp3) is 0.889. The van der Waals surface area contributed by atoms with E-state index in [0.717, 1.165) is 84.8 Å². The summed E-state index contributed by atoms with van der Waals surface area (Å²) in [6, 6.07) is 0. The van der Waals surface area contributed by atoms with Crippen molar-refractivity contribution in [3.63, 3.8) is 0 Å². The number of rotatable bonds is 5. The van der Waals surface area contributed by atoms with E-state index in [1.807, 2.05) is 9.80 Å². The van der Waals surface area contributed by atoms with Crippen LogP contribution in [-0.4, -0.2) is 110 Å². The highest BCUT2D eigenvalue weighted by molar-refractivity contribution is 5.85. The van der Waals surface area contributed by atoms with E-state index < -0.39 is 0 Å². The lowest BCUT2D eigenvalue weighted by Crippen LogP contribution is -2.51. The summed E-state index contributed by atoms with van der Waals surface area (Å²) in [4.78, 5) is 33.2. The Balaban J connectivity index is 0.00000182. The summed E-state index contributed by atoms with van der Waals surface area (Å²) in [5, 5.41) is 3.28. The zero-order valence-electron chi connectivity index (χ0n) is 16.2. The van der Waals surface area contributed by atoms with E-state index in [4.69, 9.17) is 0 Å². The molecule has 0 unspecified atom stereocenters. The monoisotopic (exact) mass is 423 g/mol. The van der Waals surface area contributed by atoms with E-state index in [-0.39, 0.29) is 30.7 Å². The summed E-state index contributed by atoms with van der Waals surface area (Å²) in [6.45, 7) is 10.6.